The number of nitrogens with one attached hydrogen (secondary N) is 1. The van der Waals surface area contributed by atoms with Crippen LogP contribution in [0.25, 0.3) is 0 Å². The standard InChI is InChI=1S/C31H30N2O2/c1-22-14-16-25(17-15-22)21-33(31(35)29-13-5-4-9-24(29)3)28-12-7-10-26(19-28)20-30(34)32-27-11-6-8-23(2)18-27/h4-19H,20-21H2,1-3H3,(H,32,34). The number of hydrogen-bond donors (Lipinski definition) is 1. The first-order valence-corrected chi connectivity index (χ1v) is 11.8. The van der Waals surface area contributed by atoms with E-state index in [9.17, 15) is 9.59 Å². The van der Waals surface area contributed by atoms with Crippen molar-refractivity contribution in [2.75, 3.05) is 10.2 Å². The van der Waals surface area contributed by atoms with Gasteiger partial charge in [-0.2, -0.15) is 0 Å². The Balaban J connectivity index is 1.61. The van der Waals surface area contributed by atoms with Gasteiger partial charge in [-0.15, -0.1) is 0 Å². The summed E-state index contributed by atoms with van der Waals surface area (Å²) < 4.78 is 0. The maximum absolute atomic E-state index is 13.7. The van der Waals surface area contributed by atoms with Crippen LogP contribution in [0.3, 0.4) is 0 Å². The molecule has 0 aliphatic carbocycles. The summed E-state index contributed by atoms with van der Waals surface area (Å²) in [6.07, 6.45) is 0.221. The van der Waals surface area contributed by atoms with Crippen LogP contribution in [0.5, 0.6) is 0 Å². The van der Waals surface area contributed by atoms with Crippen LogP contribution in [0.2, 0.25) is 0 Å². The fourth-order valence-corrected chi connectivity index (χ4v) is 4.06. The van der Waals surface area contributed by atoms with Gasteiger partial charge in [0.25, 0.3) is 5.91 Å². The highest BCUT2D eigenvalue weighted by Crippen LogP contribution is 2.24. The van der Waals surface area contributed by atoms with Gasteiger partial charge in [-0.3, -0.25) is 9.59 Å². The number of hydrogen-bond acceptors (Lipinski definition) is 2. The molecule has 176 valence electrons. The third-order valence-electron chi connectivity index (χ3n) is 5.97. The summed E-state index contributed by atoms with van der Waals surface area (Å²) in [7, 11) is 0. The number of aryl methyl sites for hydroxylation is 3. The van der Waals surface area contributed by atoms with Crippen molar-refractivity contribution in [2.24, 2.45) is 0 Å². The molecule has 2 amide bonds. The van der Waals surface area contributed by atoms with Crippen molar-refractivity contribution in [1.29, 1.82) is 0 Å². The summed E-state index contributed by atoms with van der Waals surface area (Å²) in [4.78, 5) is 28.2. The maximum Gasteiger partial charge on any atom is 0.258 e. The second kappa shape index (κ2) is 10.8. The van der Waals surface area contributed by atoms with Gasteiger partial charge in [-0.25, -0.2) is 0 Å². The molecular weight excluding hydrogens is 432 g/mol. The third kappa shape index (κ3) is 6.24. The first-order chi connectivity index (χ1) is 16.9. The van der Waals surface area contributed by atoms with Crippen molar-refractivity contribution < 1.29 is 9.59 Å². The smallest absolute Gasteiger partial charge is 0.258 e. The molecule has 0 fully saturated rings. The maximum atomic E-state index is 13.7. The van der Waals surface area contributed by atoms with Gasteiger partial charge in [0.05, 0.1) is 13.0 Å². The van der Waals surface area contributed by atoms with E-state index in [4.69, 9.17) is 0 Å². The molecule has 4 nitrogen and oxygen atoms in total. The number of amides is 2. The third-order valence-corrected chi connectivity index (χ3v) is 5.97. The lowest BCUT2D eigenvalue weighted by Gasteiger charge is -2.24. The van der Waals surface area contributed by atoms with E-state index in [0.29, 0.717) is 12.1 Å². The number of rotatable bonds is 7. The summed E-state index contributed by atoms with van der Waals surface area (Å²) in [6.45, 7) is 6.42. The molecule has 0 heterocycles. The summed E-state index contributed by atoms with van der Waals surface area (Å²) in [5.41, 5.74) is 7.29. The van der Waals surface area contributed by atoms with Crippen LogP contribution in [-0.4, -0.2) is 11.8 Å². The van der Waals surface area contributed by atoms with Crippen molar-refractivity contribution >= 4 is 23.2 Å². The zero-order valence-electron chi connectivity index (χ0n) is 20.4. The second-order valence-electron chi connectivity index (χ2n) is 8.96. The average Bonchev–Trinajstić information content (AvgIpc) is 2.84. The molecule has 0 saturated heterocycles. The Hall–Kier alpha value is -4.18. The molecule has 0 aliphatic rings. The molecule has 0 aliphatic heterocycles. The lowest BCUT2D eigenvalue weighted by Crippen LogP contribution is -2.31. The van der Waals surface area contributed by atoms with E-state index < -0.39 is 0 Å². The molecule has 4 aromatic rings. The number of carbonyl (C=O) groups excluding carboxylic acids is 2. The van der Waals surface area contributed by atoms with Crippen LogP contribution < -0.4 is 10.2 Å². The molecule has 0 saturated carbocycles. The van der Waals surface area contributed by atoms with E-state index in [1.54, 1.807) is 4.90 Å². The highest BCUT2D eigenvalue weighted by molar-refractivity contribution is 6.07. The minimum absolute atomic E-state index is 0.0648. The zero-order valence-corrected chi connectivity index (χ0v) is 20.4. The van der Waals surface area contributed by atoms with Gasteiger partial charge in [0.1, 0.15) is 0 Å². The molecule has 4 aromatic carbocycles. The molecule has 35 heavy (non-hydrogen) atoms. The van der Waals surface area contributed by atoms with E-state index in [1.165, 1.54) is 5.56 Å². The largest absolute Gasteiger partial charge is 0.326 e. The summed E-state index contributed by atoms with van der Waals surface area (Å²) in [5.74, 6) is -0.159. The summed E-state index contributed by atoms with van der Waals surface area (Å²) in [5, 5.41) is 2.96. The van der Waals surface area contributed by atoms with E-state index in [0.717, 1.165) is 33.6 Å². The molecule has 1 N–H and O–H groups in total. The van der Waals surface area contributed by atoms with Gasteiger partial charge in [0.15, 0.2) is 0 Å². The predicted molar refractivity (Wildman–Crippen MR) is 143 cm³/mol. The van der Waals surface area contributed by atoms with Gasteiger partial charge in [0.2, 0.25) is 5.91 Å². The monoisotopic (exact) mass is 462 g/mol. The minimum Gasteiger partial charge on any atom is -0.326 e. The highest BCUT2D eigenvalue weighted by Gasteiger charge is 2.20. The zero-order chi connectivity index (χ0) is 24.8. The van der Waals surface area contributed by atoms with Crippen molar-refractivity contribution in [1.82, 2.24) is 0 Å². The molecule has 0 radical (unpaired) electrons. The molecular formula is C31H30N2O2. The fourth-order valence-electron chi connectivity index (χ4n) is 4.06. The van der Waals surface area contributed by atoms with Crippen LogP contribution in [0.1, 0.15) is 38.2 Å². The SMILES string of the molecule is Cc1ccc(CN(C(=O)c2ccccc2C)c2cccc(CC(=O)Nc3cccc(C)c3)c2)cc1. The van der Waals surface area contributed by atoms with Crippen LogP contribution in [0.4, 0.5) is 11.4 Å². The second-order valence-corrected chi connectivity index (χ2v) is 8.96. The Morgan fingerprint density at radius 3 is 2.20 bits per heavy atom. The predicted octanol–water partition coefficient (Wildman–Crippen LogP) is 6.64. The Morgan fingerprint density at radius 1 is 0.714 bits per heavy atom. The van der Waals surface area contributed by atoms with Crippen molar-refractivity contribution in [3.05, 3.63) is 130 Å². The van der Waals surface area contributed by atoms with Crippen LogP contribution in [0, 0.1) is 20.8 Å². The van der Waals surface area contributed by atoms with E-state index in [1.807, 2.05) is 106 Å². The van der Waals surface area contributed by atoms with Gasteiger partial charge in [0, 0.05) is 16.9 Å². The topological polar surface area (TPSA) is 49.4 Å². The van der Waals surface area contributed by atoms with Crippen molar-refractivity contribution in [3.8, 4) is 0 Å². The van der Waals surface area contributed by atoms with E-state index in [-0.39, 0.29) is 18.2 Å². The molecule has 0 spiro atoms. The number of benzene rings is 4. The average molecular weight is 463 g/mol. The lowest BCUT2D eigenvalue weighted by molar-refractivity contribution is -0.115. The molecule has 0 atom stereocenters. The Labute approximate surface area is 207 Å². The number of carbonyl (C=O) groups is 2. The normalized spacial score (nSPS) is 10.6. The molecule has 0 unspecified atom stereocenters. The quantitative estimate of drug-likeness (QED) is 0.335. The Bertz CT molecular complexity index is 1340. The first-order valence-electron chi connectivity index (χ1n) is 11.8. The first kappa shape index (κ1) is 24.0. The molecule has 0 bridgehead atoms. The van der Waals surface area contributed by atoms with Crippen molar-refractivity contribution in [3.63, 3.8) is 0 Å². The van der Waals surface area contributed by atoms with Gasteiger partial charge < -0.3 is 10.2 Å². The number of nitrogens with zero attached hydrogens (tertiary/aromatic N) is 1. The van der Waals surface area contributed by atoms with E-state index in [2.05, 4.69) is 17.4 Å². The molecule has 0 aromatic heterocycles. The van der Waals surface area contributed by atoms with Crippen molar-refractivity contribution in [2.45, 2.75) is 33.7 Å². The summed E-state index contributed by atoms with van der Waals surface area (Å²) >= 11 is 0. The van der Waals surface area contributed by atoms with E-state index >= 15 is 0 Å². The molecule has 4 rings (SSSR count). The highest BCUT2D eigenvalue weighted by atomic mass is 16.2. The Morgan fingerprint density at radius 2 is 1.46 bits per heavy atom. The Kier molecular flexibility index (Phi) is 7.41. The summed E-state index contributed by atoms with van der Waals surface area (Å²) in [6, 6.07) is 31.2. The fraction of sp³-hybridized carbons (Fsp3) is 0.161. The van der Waals surface area contributed by atoms with Gasteiger partial charge in [-0.1, -0.05) is 72.3 Å². The van der Waals surface area contributed by atoms with Crippen LogP contribution >= 0.6 is 0 Å². The van der Waals surface area contributed by atoms with Crippen LogP contribution in [0.15, 0.2) is 97.1 Å². The lowest BCUT2D eigenvalue weighted by atomic mass is 10.0. The minimum atomic E-state index is -0.0944. The van der Waals surface area contributed by atoms with Gasteiger partial charge in [-0.05, 0) is 73.4 Å². The van der Waals surface area contributed by atoms with Gasteiger partial charge >= 0.3 is 0 Å². The van der Waals surface area contributed by atoms with Crippen LogP contribution in [-0.2, 0) is 17.8 Å². The molecule has 4 heteroatoms. The number of anilines is 2.